The van der Waals surface area contributed by atoms with Gasteiger partial charge in [0.25, 0.3) is 0 Å². The first-order valence-corrected chi connectivity index (χ1v) is 9.74. The molecule has 0 saturated heterocycles. The largest absolute Gasteiger partial charge is 0.481 e. The molecule has 31 heavy (non-hydrogen) atoms. The van der Waals surface area contributed by atoms with Crippen molar-refractivity contribution >= 4 is 35.6 Å². The summed E-state index contributed by atoms with van der Waals surface area (Å²) in [6.07, 6.45) is -0.439. The summed E-state index contributed by atoms with van der Waals surface area (Å²) >= 11 is 0. The molecule has 4 amide bonds. The molecule has 4 atom stereocenters. The minimum atomic E-state index is -1.30. The Kier molecular flexibility index (Phi) is 12.5. The van der Waals surface area contributed by atoms with E-state index in [4.69, 9.17) is 16.6 Å². The van der Waals surface area contributed by atoms with Crippen molar-refractivity contribution in [2.45, 2.75) is 64.1 Å². The van der Waals surface area contributed by atoms with E-state index >= 15 is 0 Å². The number of rotatable bonds is 15. The molecule has 13 heteroatoms. The predicted molar refractivity (Wildman–Crippen MR) is 107 cm³/mol. The van der Waals surface area contributed by atoms with Gasteiger partial charge in [0, 0.05) is 12.8 Å². The molecule has 0 saturated carbocycles. The SMILES string of the molecule is CCC(C)C(NC(=O)CNC(=O)C(CCC(=O)O)NC(=O)C(N)CCC(N)=O)C(=O)O. The van der Waals surface area contributed by atoms with E-state index in [2.05, 4.69) is 16.0 Å². The first-order chi connectivity index (χ1) is 14.4. The molecule has 0 bridgehead atoms. The lowest BCUT2D eigenvalue weighted by Crippen LogP contribution is -2.54. The molecule has 0 radical (unpaired) electrons. The Balaban J connectivity index is 4.95. The molecule has 0 aromatic heterocycles. The summed E-state index contributed by atoms with van der Waals surface area (Å²) in [7, 11) is 0. The van der Waals surface area contributed by atoms with Gasteiger partial charge in [-0.1, -0.05) is 20.3 Å². The zero-order valence-corrected chi connectivity index (χ0v) is 17.6. The van der Waals surface area contributed by atoms with E-state index < -0.39 is 66.7 Å². The van der Waals surface area contributed by atoms with Crippen LogP contribution in [0, 0.1) is 5.92 Å². The zero-order chi connectivity index (χ0) is 24.1. The lowest BCUT2D eigenvalue weighted by atomic mass is 9.99. The van der Waals surface area contributed by atoms with E-state index in [1.54, 1.807) is 13.8 Å². The molecular formula is C18H31N5O8. The molecule has 9 N–H and O–H groups in total. The van der Waals surface area contributed by atoms with Gasteiger partial charge in [0.15, 0.2) is 0 Å². The first-order valence-electron chi connectivity index (χ1n) is 9.74. The Morgan fingerprint density at radius 1 is 0.935 bits per heavy atom. The molecule has 13 nitrogen and oxygen atoms in total. The van der Waals surface area contributed by atoms with Crippen LogP contribution < -0.4 is 27.4 Å². The number of aliphatic carboxylic acids is 2. The zero-order valence-electron chi connectivity index (χ0n) is 17.6. The smallest absolute Gasteiger partial charge is 0.326 e. The predicted octanol–water partition coefficient (Wildman–Crippen LogP) is -2.34. The summed E-state index contributed by atoms with van der Waals surface area (Å²) < 4.78 is 0. The third kappa shape index (κ3) is 11.5. The molecule has 0 aliphatic carbocycles. The molecular weight excluding hydrogens is 414 g/mol. The second-order valence-electron chi connectivity index (χ2n) is 7.09. The van der Waals surface area contributed by atoms with Crippen LogP contribution in [0.25, 0.3) is 0 Å². The van der Waals surface area contributed by atoms with Gasteiger partial charge < -0.3 is 37.6 Å². The first kappa shape index (κ1) is 27.8. The van der Waals surface area contributed by atoms with Gasteiger partial charge in [-0.25, -0.2) is 4.79 Å². The van der Waals surface area contributed by atoms with Gasteiger partial charge in [-0.05, 0) is 18.8 Å². The summed E-state index contributed by atoms with van der Waals surface area (Å²) in [5.74, 6) is -5.83. The summed E-state index contributed by atoms with van der Waals surface area (Å²) in [5, 5.41) is 24.9. The number of hydrogen-bond donors (Lipinski definition) is 7. The molecule has 0 fully saturated rings. The number of carboxylic acids is 2. The fourth-order valence-electron chi connectivity index (χ4n) is 2.44. The second kappa shape index (κ2) is 13.9. The standard InChI is InChI=1S/C18H31N5O8/c1-3-9(2)15(18(30)31)23-13(25)8-21-17(29)11(5-7-14(26)27)22-16(28)10(19)4-6-12(20)24/h9-11,15H,3-8,19H2,1-2H3,(H2,20,24)(H,21,29)(H,22,28)(H,23,25)(H,26,27)(H,30,31). The Morgan fingerprint density at radius 2 is 1.55 bits per heavy atom. The van der Waals surface area contributed by atoms with Crippen LogP contribution in [0.3, 0.4) is 0 Å². The number of amides is 4. The van der Waals surface area contributed by atoms with Crippen LogP contribution in [-0.4, -0.2) is 70.5 Å². The highest BCUT2D eigenvalue weighted by atomic mass is 16.4. The van der Waals surface area contributed by atoms with Crippen molar-refractivity contribution < 1.29 is 39.0 Å². The van der Waals surface area contributed by atoms with Crippen LogP contribution in [0.2, 0.25) is 0 Å². The van der Waals surface area contributed by atoms with E-state index in [-0.39, 0.29) is 25.2 Å². The van der Waals surface area contributed by atoms with Gasteiger partial charge in [0.2, 0.25) is 23.6 Å². The van der Waals surface area contributed by atoms with Gasteiger partial charge in [-0.15, -0.1) is 0 Å². The van der Waals surface area contributed by atoms with Gasteiger partial charge in [0.05, 0.1) is 12.6 Å². The topological polar surface area (TPSA) is 231 Å². The molecule has 0 aromatic carbocycles. The Hall–Kier alpha value is -3.22. The molecule has 0 aliphatic rings. The Bertz CT molecular complexity index is 684. The van der Waals surface area contributed by atoms with Crippen LogP contribution in [0.5, 0.6) is 0 Å². The van der Waals surface area contributed by atoms with E-state index in [1.165, 1.54) is 0 Å². The highest BCUT2D eigenvalue weighted by molar-refractivity contribution is 5.93. The Labute approximate surface area is 179 Å². The maximum atomic E-state index is 12.4. The van der Waals surface area contributed by atoms with Crippen LogP contribution in [-0.2, 0) is 28.8 Å². The number of nitrogens with two attached hydrogens (primary N) is 2. The fraction of sp³-hybridized carbons (Fsp3) is 0.667. The van der Waals surface area contributed by atoms with Crippen molar-refractivity contribution in [1.29, 1.82) is 0 Å². The van der Waals surface area contributed by atoms with Crippen LogP contribution >= 0.6 is 0 Å². The van der Waals surface area contributed by atoms with E-state index in [0.29, 0.717) is 6.42 Å². The summed E-state index contributed by atoms with van der Waals surface area (Å²) in [4.78, 5) is 69.4. The van der Waals surface area contributed by atoms with Crippen LogP contribution in [0.1, 0.15) is 46.0 Å². The molecule has 0 aromatic rings. The van der Waals surface area contributed by atoms with Crippen molar-refractivity contribution in [3.63, 3.8) is 0 Å². The number of carbonyl (C=O) groups excluding carboxylic acids is 4. The van der Waals surface area contributed by atoms with Crippen molar-refractivity contribution in [3.8, 4) is 0 Å². The molecule has 4 unspecified atom stereocenters. The van der Waals surface area contributed by atoms with E-state index in [0.717, 1.165) is 0 Å². The van der Waals surface area contributed by atoms with Crippen molar-refractivity contribution in [1.82, 2.24) is 16.0 Å². The fourth-order valence-corrected chi connectivity index (χ4v) is 2.44. The highest BCUT2D eigenvalue weighted by Crippen LogP contribution is 2.07. The molecule has 176 valence electrons. The lowest BCUT2D eigenvalue weighted by Gasteiger charge is -2.22. The van der Waals surface area contributed by atoms with Gasteiger partial charge in [-0.2, -0.15) is 0 Å². The van der Waals surface area contributed by atoms with Crippen LogP contribution in [0.15, 0.2) is 0 Å². The maximum Gasteiger partial charge on any atom is 0.326 e. The number of nitrogens with one attached hydrogen (secondary N) is 3. The van der Waals surface area contributed by atoms with Crippen molar-refractivity contribution in [2.75, 3.05) is 6.54 Å². The lowest BCUT2D eigenvalue weighted by molar-refractivity contribution is -0.143. The average Bonchev–Trinajstić information content (AvgIpc) is 2.69. The number of hydrogen-bond acceptors (Lipinski definition) is 7. The van der Waals surface area contributed by atoms with Crippen LogP contribution in [0.4, 0.5) is 0 Å². The third-order valence-electron chi connectivity index (χ3n) is 4.54. The number of carbonyl (C=O) groups is 6. The second-order valence-corrected chi connectivity index (χ2v) is 7.09. The summed E-state index contributed by atoms with van der Waals surface area (Å²) in [6.45, 7) is 2.83. The molecule has 0 spiro atoms. The number of primary amides is 1. The molecule has 0 heterocycles. The minimum Gasteiger partial charge on any atom is -0.481 e. The van der Waals surface area contributed by atoms with Gasteiger partial charge in [0.1, 0.15) is 12.1 Å². The van der Waals surface area contributed by atoms with E-state index in [9.17, 15) is 33.9 Å². The minimum absolute atomic E-state index is 0.0664. The van der Waals surface area contributed by atoms with E-state index in [1.807, 2.05) is 0 Å². The highest BCUT2D eigenvalue weighted by Gasteiger charge is 2.27. The van der Waals surface area contributed by atoms with Crippen molar-refractivity contribution in [2.24, 2.45) is 17.4 Å². The molecule has 0 aliphatic heterocycles. The summed E-state index contributed by atoms with van der Waals surface area (Å²) in [5.41, 5.74) is 10.6. The maximum absolute atomic E-state index is 12.4. The number of carboxylic acid groups (broad SMARTS) is 2. The summed E-state index contributed by atoms with van der Waals surface area (Å²) in [6, 6.07) is -3.59. The van der Waals surface area contributed by atoms with Crippen molar-refractivity contribution in [3.05, 3.63) is 0 Å². The molecule has 0 rings (SSSR count). The average molecular weight is 445 g/mol. The normalized spacial score (nSPS) is 14.4. The quantitative estimate of drug-likeness (QED) is 0.143. The van der Waals surface area contributed by atoms with Gasteiger partial charge in [-0.3, -0.25) is 24.0 Å². The van der Waals surface area contributed by atoms with Gasteiger partial charge >= 0.3 is 11.9 Å². The third-order valence-corrected chi connectivity index (χ3v) is 4.54. The monoisotopic (exact) mass is 445 g/mol. The Morgan fingerprint density at radius 3 is 2.03 bits per heavy atom.